The molecule has 3 rings (SSSR count). The number of benzene rings is 2. The molecule has 110 valence electrons. The highest BCUT2D eigenvalue weighted by Gasteiger charge is 2.35. The van der Waals surface area contributed by atoms with Crippen molar-refractivity contribution in [1.29, 1.82) is 0 Å². The van der Waals surface area contributed by atoms with Gasteiger partial charge in [-0.2, -0.15) is 0 Å². The van der Waals surface area contributed by atoms with Gasteiger partial charge >= 0.3 is 0 Å². The number of rotatable bonds is 3. The van der Waals surface area contributed by atoms with Crippen LogP contribution in [0.3, 0.4) is 0 Å². The third-order valence-electron chi connectivity index (χ3n) is 4.41. The van der Waals surface area contributed by atoms with Crippen LogP contribution in [0.25, 0.3) is 0 Å². The summed E-state index contributed by atoms with van der Waals surface area (Å²) in [6.07, 6.45) is 4.35. The lowest BCUT2D eigenvalue weighted by molar-refractivity contribution is 0.400. The largest absolute Gasteiger partial charge is 0.207 e. The Balaban J connectivity index is 2.02. The molecule has 21 heavy (non-hydrogen) atoms. The minimum Gasteiger partial charge on any atom is -0.207 e. The highest BCUT2D eigenvalue weighted by atomic mass is 79.9. The van der Waals surface area contributed by atoms with Crippen molar-refractivity contribution in [2.45, 2.75) is 31.1 Å². The first-order chi connectivity index (χ1) is 10.1. The van der Waals surface area contributed by atoms with Crippen molar-refractivity contribution in [3.8, 4) is 0 Å². The van der Waals surface area contributed by atoms with Gasteiger partial charge in [0.25, 0.3) is 0 Å². The molecule has 0 spiro atoms. The molecule has 2 aromatic carbocycles. The summed E-state index contributed by atoms with van der Waals surface area (Å²) < 4.78 is 14.5. The molecule has 0 aromatic heterocycles. The molecular weight excluding hydrogens is 395 g/mol. The van der Waals surface area contributed by atoms with Gasteiger partial charge < -0.3 is 0 Å². The van der Waals surface area contributed by atoms with Crippen LogP contribution in [0.5, 0.6) is 0 Å². The fourth-order valence-corrected chi connectivity index (χ4v) is 4.77. The molecule has 0 fully saturated rings. The Morgan fingerprint density at radius 2 is 1.95 bits per heavy atom. The molecule has 0 saturated carbocycles. The van der Waals surface area contributed by atoms with Crippen molar-refractivity contribution in [2.24, 2.45) is 0 Å². The van der Waals surface area contributed by atoms with E-state index in [0.717, 1.165) is 34.6 Å². The number of aryl methyl sites for hydroxylation is 1. The lowest BCUT2D eigenvalue weighted by atomic mass is 9.68. The monoisotopic (exact) mass is 410 g/mol. The zero-order chi connectivity index (χ0) is 14.9. The highest BCUT2D eigenvalue weighted by Crippen LogP contribution is 2.41. The van der Waals surface area contributed by atoms with Gasteiger partial charge in [-0.05, 0) is 60.6 Å². The number of alkyl halides is 1. The first-order valence-corrected chi connectivity index (χ1v) is 9.14. The minimum absolute atomic E-state index is 0.0715. The minimum atomic E-state index is -0.173. The fourth-order valence-electron chi connectivity index (χ4n) is 3.48. The molecule has 0 aliphatic heterocycles. The molecule has 2 aromatic rings. The molecule has 3 heteroatoms. The first-order valence-electron chi connectivity index (χ1n) is 7.22. The van der Waals surface area contributed by atoms with Crippen molar-refractivity contribution in [2.75, 3.05) is 5.33 Å². The summed E-state index contributed by atoms with van der Waals surface area (Å²) in [4.78, 5) is 0. The van der Waals surface area contributed by atoms with Gasteiger partial charge in [-0.15, -0.1) is 0 Å². The van der Waals surface area contributed by atoms with Gasteiger partial charge in [0, 0.05) is 15.2 Å². The summed E-state index contributed by atoms with van der Waals surface area (Å²) in [5.41, 5.74) is 3.99. The third kappa shape index (κ3) is 3.09. The van der Waals surface area contributed by atoms with Crippen molar-refractivity contribution < 1.29 is 4.39 Å². The van der Waals surface area contributed by atoms with E-state index in [1.807, 2.05) is 6.07 Å². The lowest BCUT2D eigenvalue weighted by Gasteiger charge is -2.38. The number of halogens is 3. The van der Waals surface area contributed by atoms with Crippen LogP contribution in [-0.2, 0) is 18.3 Å². The van der Waals surface area contributed by atoms with Gasteiger partial charge in [0.15, 0.2) is 0 Å². The van der Waals surface area contributed by atoms with Gasteiger partial charge in [-0.25, -0.2) is 4.39 Å². The molecule has 1 unspecified atom stereocenters. The predicted octanol–water partition coefficient (Wildman–Crippen LogP) is 5.80. The SMILES string of the molecule is Fc1cc(Br)cc(CC2(CBr)CCCc3ccccc32)c1. The van der Waals surface area contributed by atoms with Crippen LogP contribution in [0.4, 0.5) is 4.39 Å². The maximum absolute atomic E-state index is 13.7. The molecule has 1 aliphatic carbocycles. The Kier molecular flexibility index (Phi) is 4.51. The molecule has 0 saturated heterocycles. The van der Waals surface area contributed by atoms with Crippen molar-refractivity contribution >= 4 is 31.9 Å². The Hall–Kier alpha value is -0.670. The predicted molar refractivity (Wildman–Crippen MR) is 92.7 cm³/mol. The molecule has 1 atom stereocenters. The second-order valence-electron chi connectivity index (χ2n) is 5.88. The average molecular weight is 412 g/mol. The zero-order valence-corrected chi connectivity index (χ0v) is 14.9. The van der Waals surface area contributed by atoms with Crippen molar-refractivity contribution in [3.05, 3.63) is 69.4 Å². The van der Waals surface area contributed by atoms with Gasteiger partial charge in [0.05, 0.1) is 0 Å². The normalized spacial score (nSPS) is 21.1. The van der Waals surface area contributed by atoms with Crippen LogP contribution in [0.15, 0.2) is 46.9 Å². The maximum atomic E-state index is 13.7. The lowest BCUT2D eigenvalue weighted by Crippen LogP contribution is -2.35. The molecule has 1 aliphatic rings. The standard InChI is InChI=1S/C18H17Br2F/c19-12-18(11-13-8-15(20)10-16(21)9-13)7-3-5-14-4-1-2-6-17(14)18/h1-2,4,6,8-10H,3,5,7,11-12H2. The van der Waals surface area contributed by atoms with Crippen LogP contribution >= 0.6 is 31.9 Å². The second kappa shape index (κ2) is 6.21. The quantitative estimate of drug-likeness (QED) is 0.560. The Morgan fingerprint density at radius 3 is 2.71 bits per heavy atom. The molecule has 0 radical (unpaired) electrons. The molecule has 0 heterocycles. The van der Waals surface area contributed by atoms with Crippen molar-refractivity contribution in [1.82, 2.24) is 0 Å². The molecule has 0 N–H and O–H groups in total. The van der Waals surface area contributed by atoms with E-state index < -0.39 is 0 Å². The van der Waals surface area contributed by atoms with E-state index in [1.165, 1.54) is 23.6 Å². The third-order valence-corrected chi connectivity index (χ3v) is 5.94. The number of hydrogen-bond donors (Lipinski definition) is 0. The summed E-state index contributed by atoms with van der Waals surface area (Å²) >= 11 is 7.12. The van der Waals surface area contributed by atoms with E-state index in [4.69, 9.17) is 0 Å². The Bertz CT molecular complexity index is 633. The van der Waals surface area contributed by atoms with E-state index in [2.05, 4.69) is 56.1 Å². The summed E-state index contributed by atoms with van der Waals surface area (Å²) in [5, 5.41) is 0.908. The van der Waals surface area contributed by atoms with E-state index in [9.17, 15) is 4.39 Å². The van der Waals surface area contributed by atoms with E-state index >= 15 is 0 Å². The smallest absolute Gasteiger partial charge is 0.124 e. The number of fused-ring (bicyclic) bond motifs is 1. The van der Waals surface area contributed by atoms with E-state index in [0.29, 0.717) is 0 Å². The Morgan fingerprint density at radius 1 is 1.14 bits per heavy atom. The summed E-state index contributed by atoms with van der Waals surface area (Å²) in [5.74, 6) is -0.173. The second-order valence-corrected chi connectivity index (χ2v) is 7.36. The first kappa shape index (κ1) is 15.2. The number of hydrogen-bond acceptors (Lipinski definition) is 0. The molecule has 0 amide bonds. The van der Waals surface area contributed by atoms with Crippen molar-refractivity contribution in [3.63, 3.8) is 0 Å². The highest BCUT2D eigenvalue weighted by molar-refractivity contribution is 9.10. The van der Waals surface area contributed by atoms with Crippen LogP contribution in [0.1, 0.15) is 29.5 Å². The average Bonchev–Trinajstić information content (AvgIpc) is 2.46. The fraction of sp³-hybridized carbons (Fsp3) is 0.333. The maximum Gasteiger partial charge on any atom is 0.124 e. The van der Waals surface area contributed by atoms with Gasteiger partial charge in [0.1, 0.15) is 5.82 Å². The molecule has 0 bridgehead atoms. The zero-order valence-electron chi connectivity index (χ0n) is 11.7. The van der Waals surface area contributed by atoms with Gasteiger partial charge in [0.2, 0.25) is 0 Å². The van der Waals surface area contributed by atoms with Crippen LogP contribution in [0.2, 0.25) is 0 Å². The van der Waals surface area contributed by atoms with Gasteiger partial charge in [-0.3, -0.25) is 0 Å². The van der Waals surface area contributed by atoms with Crippen LogP contribution in [0, 0.1) is 5.82 Å². The van der Waals surface area contributed by atoms with Crippen LogP contribution < -0.4 is 0 Å². The van der Waals surface area contributed by atoms with E-state index in [-0.39, 0.29) is 11.2 Å². The van der Waals surface area contributed by atoms with Crippen LogP contribution in [-0.4, -0.2) is 5.33 Å². The topological polar surface area (TPSA) is 0 Å². The molecular formula is C18H17Br2F. The van der Waals surface area contributed by atoms with E-state index in [1.54, 1.807) is 6.07 Å². The summed E-state index contributed by atoms with van der Waals surface area (Å²) in [6, 6.07) is 13.9. The summed E-state index contributed by atoms with van der Waals surface area (Å²) in [7, 11) is 0. The summed E-state index contributed by atoms with van der Waals surface area (Å²) in [6.45, 7) is 0. The Labute approximate surface area is 142 Å². The molecule has 0 nitrogen and oxygen atoms in total. The van der Waals surface area contributed by atoms with Gasteiger partial charge in [-0.1, -0.05) is 56.1 Å².